The summed E-state index contributed by atoms with van der Waals surface area (Å²) >= 11 is 12.1. The van der Waals surface area contributed by atoms with E-state index in [1.54, 1.807) is 17.2 Å². The lowest BCUT2D eigenvalue weighted by Crippen LogP contribution is -2.50. The third-order valence-corrected chi connectivity index (χ3v) is 4.56. The van der Waals surface area contributed by atoms with Crippen LogP contribution in [0.15, 0.2) is 30.6 Å². The van der Waals surface area contributed by atoms with E-state index in [0.29, 0.717) is 23.1 Å². The molecule has 0 unspecified atom stereocenters. The number of amides is 2. The van der Waals surface area contributed by atoms with Gasteiger partial charge in [-0.1, -0.05) is 29.3 Å². The maximum atomic E-state index is 12.6. The minimum absolute atomic E-state index is 0.0486. The van der Waals surface area contributed by atoms with Crippen LogP contribution in [0.2, 0.25) is 10.0 Å². The number of benzene rings is 1. The van der Waals surface area contributed by atoms with Crippen LogP contribution in [-0.4, -0.2) is 32.1 Å². The minimum Gasteiger partial charge on any atom is -0.333 e. The van der Waals surface area contributed by atoms with Crippen molar-refractivity contribution >= 4 is 29.2 Å². The lowest BCUT2D eigenvalue weighted by Gasteiger charge is -2.31. The molecule has 2 amide bonds. The van der Waals surface area contributed by atoms with Gasteiger partial charge in [0.15, 0.2) is 0 Å². The zero-order chi connectivity index (χ0) is 19.5. The Hall–Kier alpha value is -1.72. The van der Waals surface area contributed by atoms with E-state index < -0.39 is 0 Å². The quantitative estimate of drug-likeness (QED) is 0.776. The summed E-state index contributed by atoms with van der Waals surface area (Å²) in [6, 6.07) is 5.52. The molecule has 7 heteroatoms. The first-order valence-electron chi connectivity index (χ1n) is 8.59. The van der Waals surface area contributed by atoms with Gasteiger partial charge in [0, 0.05) is 30.5 Å². The smallest absolute Gasteiger partial charge is 0.318 e. The van der Waals surface area contributed by atoms with Gasteiger partial charge in [0.1, 0.15) is 5.82 Å². The van der Waals surface area contributed by atoms with Crippen molar-refractivity contribution in [2.24, 2.45) is 0 Å². The molecule has 142 valence electrons. The molecule has 1 N–H and O–H groups in total. The number of halogens is 2. The van der Waals surface area contributed by atoms with Gasteiger partial charge in [0.25, 0.3) is 0 Å². The van der Waals surface area contributed by atoms with Gasteiger partial charge in [0.2, 0.25) is 0 Å². The van der Waals surface area contributed by atoms with Crippen LogP contribution in [0.4, 0.5) is 4.79 Å². The number of imidazole rings is 1. The maximum Gasteiger partial charge on any atom is 0.318 e. The first-order chi connectivity index (χ1) is 12.1. The molecule has 0 bridgehead atoms. The average molecular weight is 397 g/mol. The Labute approximate surface area is 165 Å². The molecule has 1 heterocycles. The molecule has 0 radical (unpaired) electrons. The summed E-state index contributed by atoms with van der Waals surface area (Å²) in [6.07, 6.45) is 3.64. The molecule has 1 aromatic carbocycles. The van der Waals surface area contributed by atoms with Crippen molar-refractivity contribution in [3.8, 4) is 0 Å². The van der Waals surface area contributed by atoms with Crippen LogP contribution in [0.3, 0.4) is 0 Å². The van der Waals surface area contributed by atoms with Crippen LogP contribution in [0.25, 0.3) is 0 Å². The van der Waals surface area contributed by atoms with E-state index in [4.69, 9.17) is 23.2 Å². The Kier molecular flexibility index (Phi) is 6.58. The molecule has 0 saturated carbocycles. The molecule has 2 aromatic rings. The fourth-order valence-electron chi connectivity index (χ4n) is 2.50. The lowest BCUT2D eigenvalue weighted by molar-refractivity contribution is 0.168. The molecule has 0 saturated heterocycles. The van der Waals surface area contributed by atoms with E-state index in [1.807, 2.05) is 57.5 Å². The van der Waals surface area contributed by atoms with Crippen LogP contribution in [-0.2, 0) is 13.1 Å². The zero-order valence-corrected chi connectivity index (χ0v) is 17.4. The number of hydrogen-bond acceptors (Lipinski definition) is 2. The number of urea groups is 1. The number of carbonyl (C=O) groups is 1. The van der Waals surface area contributed by atoms with E-state index >= 15 is 0 Å². The molecular weight excluding hydrogens is 371 g/mol. The predicted molar refractivity (Wildman–Crippen MR) is 107 cm³/mol. The van der Waals surface area contributed by atoms with E-state index in [9.17, 15) is 4.79 Å². The highest BCUT2D eigenvalue weighted by Crippen LogP contribution is 2.23. The predicted octanol–water partition coefficient (Wildman–Crippen LogP) is 4.96. The van der Waals surface area contributed by atoms with Crippen molar-refractivity contribution in [1.29, 1.82) is 0 Å². The molecular formula is C19H26Cl2N4O. The van der Waals surface area contributed by atoms with Gasteiger partial charge in [0.05, 0.1) is 16.6 Å². The fraction of sp³-hybridized carbons (Fsp3) is 0.474. The Morgan fingerprint density at radius 3 is 2.54 bits per heavy atom. The monoisotopic (exact) mass is 396 g/mol. The summed E-state index contributed by atoms with van der Waals surface area (Å²) in [4.78, 5) is 18.8. The molecule has 0 spiro atoms. The second-order valence-corrected chi connectivity index (χ2v) is 8.44. The number of aromatic nitrogens is 2. The first-order valence-corrected chi connectivity index (χ1v) is 9.35. The highest BCUT2D eigenvalue weighted by molar-refractivity contribution is 6.42. The summed E-state index contributed by atoms with van der Waals surface area (Å²) in [7, 11) is 0. The molecule has 0 aliphatic rings. The topological polar surface area (TPSA) is 50.2 Å². The molecule has 1 aromatic heterocycles. The minimum atomic E-state index is -0.292. The second kappa shape index (κ2) is 8.31. The first kappa shape index (κ1) is 20.6. The van der Waals surface area contributed by atoms with Crippen LogP contribution in [0.1, 0.15) is 46.0 Å². The van der Waals surface area contributed by atoms with Crippen LogP contribution in [0.5, 0.6) is 0 Å². The van der Waals surface area contributed by atoms with Crippen molar-refractivity contribution < 1.29 is 4.79 Å². The standard InChI is InChI=1S/C19H26Cl2N4O/c1-13(2)25(18(26)23-19(3,4)5)12-17-22-8-9-24(17)11-14-6-7-15(20)16(21)10-14/h6-10,13H,11-12H2,1-5H3,(H,23,26). The number of nitrogens with zero attached hydrogens (tertiary/aromatic N) is 3. The molecule has 0 fully saturated rings. The van der Waals surface area contributed by atoms with E-state index in [2.05, 4.69) is 10.3 Å². The van der Waals surface area contributed by atoms with Crippen molar-refractivity contribution in [2.75, 3.05) is 0 Å². The second-order valence-electron chi connectivity index (χ2n) is 7.62. The van der Waals surface area contributed by atoms with Gasteiger partial charge >= 0.3 is 6.03 Å². The highest BCUT2D eigenvalue weighted by atomic mass is 35.5. The Balaban J connectivity index is 2.17. The summed E-state index contributed by atoms with van der Waals surface area (Å²) in [5, 5.41) is 4.07. The molecule has 2 rings (SSSR count). The zero-order valence-electron chi connectivity index (χ0n) is 15.9. The SMILES string of the molecule is CC(C)N(Cc1nccn1Cc1ccc(Cl)c(Cl)c1)C(=O)NC(C)(C)C. The van der Waals surface area contributed by atoms with Crippen molar-refractivity contribution in [1.82, 2.24) is 19.8 Å². The molecule has 5 nitrogen and oxygen atoms in total. The van der Waals surface area contributed by atoms with E-state index in [1.165, 1.54) is 0 Å². The Morgan fingerprint density at radius 2 is 1.96 bits per heavy atom. The largest absolute Gasteiger partial charge is 0.333 e. The summed E-state index contributed by atoms with van der Waals surface area (Å²) in [5.41, 5.74) is 0.730. The summed E-state index contributed by atoms with van der Waals surface area (Å²) < 4.78 is 2.01. The summed E-state index contributed by atoms with van der Waals surface area (Å²) in [6.45, 7) is 10.9. The number of nitrogens with one attached hydrogen (secondary N) is 1. The fourth-order valence-corrected chi connectivity index (χ4v) is 2.82. The van der Waals surface area contributed by atoms with Crippen LogP contribution < -0.4 is 5.32 Å². The molecule has 26 heavy (non-hydrogen) atoms. The summed E-state index contributed by atoms with van der Waals surface area (Å²) in [5.74, 6) is 0.814. The molecule has 0 atom stereocenters. The van der Waals surface area contributed by atoms with Gasteiger partial charge < -0.3 is 14.8 Å². The Morgan fingerprint density at radius 1 is 1.27 bits per heavy atom. The third kappa shape index (κ3) is 5.64. The normalized spacial score (nSPS) is 11.7. The van der Waals surface area contributed by atoms with Gasteiger partial charge in [-0.3, -0.25) is 0 Å². The number of hydrogen-bond donors (Lipinski definition) is 1. The van der Waals surface area contributed by atoms with Crippen LogP contribution in [0, 0.1) is 0 Å². The number of rotatable bonds is 5. The van der Waals surface area contributed by atoms with Crippen molar-refractivity contribution in [2.45, 2.75) is 59.3 Å². The Bertz CT molecular complexity index is 765. The maximum absolute atomic E-state index is 12.6. The third-order valence-electron chi connectivity index (χ3n) is 3.82. The van der Waals surface area contributed by atoms with E-state index in [-0.39, 0.29) is 17.6 Å². The van der Waals surface area contributed by atoms with Gasteiger partial charge in [-0.15, -0.1) is 0 Å². The van der Waals surface area contributed by atoms with Crippen molar-refractivity contribution in [3.63, 3.8) is 0 Å². The van der Waals surface area contributed by atoms with Gasteiger partial charge in [-0.25, -0.2) is 9.78 Å². The average Bonchev–Trinajstić information content (AvgIpc) is 2.93. The van der Waals surface area contributed by atoms with E-state index in [0.717, 1.165) is 11.4 Å². The lowest BCUT2D eigenvalue weighted by atomic mass is 10.1. The van der Waals surface area contributed by atoms with Crippen LogP contribution >= 0.6 is 23.2 Å². The number of carbonyl (C=O) groups excluding carboxylic acids is 1. The molecule has 0 aliphatic heterocycles. The van der Waals surface area contributed by atoms with Gasteiger partial charge in [-0.2, -0.15) is 0 Å². The highest BCUT2D eigenvalue weighted by Gasteiger charge is 2.23. The van der Waals surface area contributed by atoms with Crippen molar-refractivity contribution in [3.05, 3.63) is 52.0 Å². The van der Waals surface area contributed by atoms with Gasteiger partial charge in [-0.05, 0) is 52.3 Å². The molecule has 0 aliphatic carbocycles.